The first-order valence-electron chi connectivity index (χ1n) is 13.3. The summed E-state index contributed by atoms with van der Waals surface area (Å²) in [7, 11) is 6.17. The van der Waals surface area contributed by atoms with Crippen LogP contribution in [0.4, 0.5) is 0 Å². The molecule has 6 nitrogen and oxygen atoms in total. The minimum Gasteiger partial charge on any atom is -0.850 e. The molecule has 0 atom stereocenters. The van der Waals surface area contributed by atoms with Gasteiger partial charge < -0.3 is 23.9 Å². The quantitative estimate of drug-likeness (QED) is 0.134. The highest BCUT2D eigenvalue weighted by Crippen LogP contribution is 2.12. The van der Waals surface area contributed by atoms with Gasteiger partial charge in [-0.15, -0.1) is 0 Å². The molecule has 0 heterocycles. The van der Waals surface area contributed by atoms with Gasteiger partial charge in [-0.1, -0.05) is 90.8 Å². The zero-order chi connectivity index (χ0) is 24.1. The number of hydrogen-bond donors (Lipinski definition) is 0. The number of rotatable bonds is 23. The second-order valence-electron chi connectivity index (χ2n) is 10.4. The highest BCUT2D eigenvalue weighted by atomic mass is 16.5. The normalized spacial score (nSPS) is 12.3. The highest BCUT2D eigenvalue weighted by Gasteiger charge is 2.25. The van der Waals surface area contributed by atoms with E-state index in [1.165, 1.54) is 64.2 Å². The second kappa shape index (κ2) is 19.7. The summed E-state index contributed by atoms with van der Waals surface area (Å²) in [5.41, 5.74) is 0. The molecule has 0 aliphatic carbocycles. The van der Waals surface area contributed by atoms with Gasteiger partial charge in [0.05, 0.1) is 53.8 Å². The molecule has 0 unspecified atom stereocenters. The Kier molecular flexibility index (Phi) is 19.3. The van der Waals surface area contributed by atoms with Crippen molar-refractivity contribution in [1.82, 2.24) is 0 Å². The van der Waals surface area contributed by atoms with Crippen LogP contribution in [0.15, 0.2) is 0 Å². The molecule has 0 saturated carbocycles. The number of ether oxygens (including phenoxy) is 1. The van der Waals surface area contributed by atoms with Crippen molar-refractivity contribution in [2.24, 2.45) is 0 Å². The molecule has 192 valence electrons. The molecule has 0 aliphatic heterocycles. The summed E-state index contributed by atoms with van der Waals surface area (Å²) in [6, 6.07) is 0. The fourth-order valence-electron chi connectivity index (χ4n) is 4.00. The van der Waals surface area contributed by atoms with Crippen molar-refractivity contribution in [2.45, 2.75) is 90.4 Å². The summed E-state index contributed by atoms with van der Waals surface area (Å²) in [4.78, 5) is 12.1. The van der Waals surface area contributed by atoms with E-state index in [0.717, 1.165) is 25.9 Å². The SMILES string of the molecule is CCCCCCCCCCCCCCOC(=O)CC[N+](C)(C)CC[N+](C)(CC[O-])CC[O-]. The third kappa shape index (κ3) is 18.8. The van der Waals surface area contributed by atoms with Crippen molar-refractivity contribution in [1.29, 1.82) is 0 Å². The molecule has 0 aromatic rings. The van der Waals surface area contributed by atoms with Gasteiger partial charge in [0.25, 0.3) is 0 Å². The lowest BCUT2D eigenvalue weighted by Crippen LogP contribution is -2.56. The molecule has 0 N–H and O–H groups in total. The Bertz CT molecular complexity index is 438. The average molecular weight is 459 g/mol. The second-order valence-corrected chi connectivity index (χ2v) is 10.4. The zero-order valence-corrected chi connectivity index (χ0v) is 21.9. The van der Waals surface area contributed by atoms with Gasteiger partial charge >= 0.3 is 5.97 Å². The molecule has 0 amide bonds. The summed E-state index contributed by atoms with van der Waals surface area (Å²) < 4.78 is 6.64. The minimum atomic E-state index is -0.157. The number of esters is 1. The molecule has 0 aliphatic rings. The van der Waals surface area contributed by atoms with Crippen LogP contribution in [0.25, 0.3) is 0 Å². The third-order valence-electron chi connectivity index (χ3n) is 6.69. The molecule has 0 fully saturated rings. The van der Waals surface area contributed by atoms with Crippen LogP contribution in [-0.2, 0) is 9.53 Å². The van der Waals surface area contributed by atoms with E-state index < -0.39 is 0 Å². The van der Waals surface area contributed by atoms with E-state index in [1.54, 1.807) is 0 Å². The Hall–Kier alpha value is -0.690. The summed E-state index contributed by atoms with van der Waals surface area (Å²) in [6.45, 7) is 5.79. The summed E-state index contributed by atoms with van der Waals surface area (Å²) in [6.07, 6.45) is 16.0. The molecule has 0 aromatic heterocycles. The van der Waals surface area contributed by atoms with E-state index >= 15 is 0 Å². The van der Waals surface area contributed by atoms with Gasteiger partial charge in [-0.2, -0.15) is 0 Å². The van der Waals surface area contributed by atoms with Crippen LogP contribution in [0.3, 0.4) is 0 Å². The Balaban J connectivity index is 3.71. The van der Waals surface area contributed by atoms with Crippen LogP contribution in [0.2, 0.25) is 0 Å². The monoisotopic (exact) mass is 458 g/mol. The van der Waals surface area contributed by atoms with E-state index in [2.05, 4.69) is 21.0 Å². The van der Waals surface area contributed by atoms with E-state index in [0.29, 0.717) is 41.6 Å². The topological polar surface area (TPSA) is 72.4 Å². The predicted molar refractivity (Wildman–Crippen MR) is 129 cm³/mol. The molecular formula is C26H54N2O4. The Morgan fingerprint density at radius 2 is 1.12 bits per heavy atom. The molecule has 0 radical (unpaired) electrons. The van der Waals surface area contributed by atoms with E-state index in [4.69, 9.17) is 4.74 Å². The standard InChI is InChI=1S/C26H54N2O4/c1-5-6-7-8-9-10-11-12-13-14-15-16-25-32-26(31)17-18-27(2,3)19-20-28(4,21-23-29)22-24-30/h5-25H2,1-4H3. The van der Waals surface area contributed by atoms with Gasteiger partial charge in [0.15, 0.2) is 0 Å². The lowest BCUT2D eigenvalue weighted by molar-refractivity contribution is -0.959. The fourth-order valence-corrected chi connectivity index (χ4v) is 4.00. The Labute approximate surface area is 199 Å². The van der Waals surface area contributed by atoms with Gasteiger partial charge in [-0.3, -0.25) is 4.79 Å². The average Bonchev–Trinajstić information content (AvgIpc) is 2.75. The number of unbranched alkanes of at least 4 members (excludes halogenated alkanes) is 11. The molecular weight excluding hydrogens is 404 g/mol. The molecule has 0 rings (SSSR count). The first-order chi connectivity index (χ1) is 15.3. The maximum absolute atomic E-state index is 12.1. The fraction of sp³-hybridized carbons (Fsp3) is 0.962. The largest absolute Gasteiger partial charge is 0.850 e. The van der Waals surface area contributed by atoms with Crippen LogP contribution in [0.1, 0.15) is 90.4 Å². The number of carbonyl (C=O) groups excluding carboxylic acids is 1. The van der Waals surface area contributed by atoms with Crippen LogP contribution < -0.4 is 10.2 Å². The van der Waals surface area contributed by atoms with Crippen molar-refractivity contribution in [2.75, 3.05) is 73.7 Å². The van der Waals surface area contributed by atoms with Gasteiger partial charge in [0.2, 0.25) is 0 Å². The van der Waals surface area contributed by atoms with Crippen molar-refractivity contribution in [3.8, 4) is 0 Å². The number of hydrogen-bond acceptors (Lipinski definition) is 4. The molecule has 6 heteroatoms. The van der Waals surface area contributed by atoms with Gasteiger partial charge in [0.1, 0.15) is 13.1 Å². The Morgan fingerprint density at radius 3 is 1.59 bits per heavy atom. The van der Waals surface area contributed by atoms with E-state index in [9.17, 15) is 15.0 Å². The number of quaternary nitrogens is 2. The smallest absolute Gasteiger partial charge is 0.311 e. The maximum Gasteiger partial charge on any atom is 0.311 e. The zero-order valence-electron chi connectivity index (χ0n) is 21.9. The molecule has 0 spiro atoms. The predicted octanol–water partition coefficient (Wildman–Crippen LogP) is 2.86. The lowest BCUT2D eigenvalue weighted by Gasteiger charge is -2.40. The van der Waals surface area contributed by atoms with Crippen LogP contribution in [0.5, 0.6) is 0 Å². The number of likely N-dealkylation sites (N-methyl/N-ethyl adjacent to an activating group) is 2. The Morgan fingerprint density at radius 1 is 0.656 bits per heavy atom. The lowest BCUT2D eigenvalue weighted by atomic mass is 10.1. The van der Waals surface area contributed by atoms with Crippen LogP contribution in [-0.4, -0.2) is 88.6 Å². The first-order valence-corrected chi connectivity index (χ1v) is 13.3. The number of carbonyl (C=O) groups is 1. The maximum atomic E-state index is 12.1. The van der Waals surface area contributed by atoms with Crippen LogP contribution >= 0.6 is 0 Å². The van der Waals surface area contributed by atoms with Crippen LogP contribution in [0, 0.1) is 0 Å². The van der Waals surface area contributed by atoms with Gasteiger partial charge in [0, 0.05) is 0 Å². The van der Waals surface area contributed by atoms with Crippen molar-refractivity contribution in [3.63, 3.8) is 0 Å². The number of nitrogens with zero attached hydrogens (tertiary/aromatic N) is 2. The molecule has 0 saturated heterocycles. The highest BCUT2D eigenvalue weighted by molar-refractivity contribution is 5.69. The van der Waals surface area contributed by atoms with E-state index in [1.807, 2.05) is 7.05 Å². The molecule has 0 bridgehead atoms. The summed E-state index contributed by atoms with van der Waals surface area (Å²) in [5, 5.41) is 22.1. The molecule has 0 aromatic carbocycles. The molecule has 32 heavy (non-hydrogen) atoms. The van der Waals surface area contributed by atoms with Crippen molar-refractivity contribution >= 4 is 5.97 Å². The van der Waals surface area contributed by atoms with E-state index in [-0.39, 0.29) is 19.2 Å². The third-order valence-corrected chi connectivity index (χ3v) is 6.69. The minimum absolute atomic E-state index is 0.115. The van der Waals surface area contributed by atoms with Gasteiger partial charge in [-0.25, -0.2) is 0 Å². The first kappa shape index (κ1) is 31.3. The summed E-state index contributed by atoms with van der Waals surface area (Å²) in [5.74, 6) is -0.115. The van der Waals surface area contributed by atoms with Gasteiger partial charge in [-0.05, 0) is 6.42 Å². The summed E-state index contributed by atoms with van der Waals surface area (Å²) >= 11 is 0. The van der Waals surface area contributed by atoms with Crippen molar-refractivity contribution in [3.05, 3.63) is 0 Å². The van der Waals surface area contributed by atoms with Crippen molar-refractivity contribution < 1.29 is 28.7 Å².